The van der Waals surface area contributed by atoms with Crippen LogP contribution in [0.2, 0.25) is 0 Å². The van der Waals surface area contributed by atoms with E-state index in [0.717, 1.165) is 31.5 Å². The molecule has 2 aliphatic rings. The molecule has 3 unspecified atom stereocenters. The minimum atomic E-state index is -0.666. The Balaban J connectivity index is 2.06. The highest BCUT2D eigenvalue weighted by atomic mass is 19.1. The maximum absolute atomic E-state index is 14.1. The smallest absolute Gasteiger partial charge is 0.109 e. The van der Waals surface area contributed by atoms with Gasteiger partial charge in [-0.1, -0.05) is 19.9 Å². The molecule has 0 radical (unpaired) electrons. The summed E-state index contributed by atoms with van der Waals surface area (Å²) in [6.45, 7) is 9.76. The number of nitrogens with zero attached hydrogens (tertiary/aromatic N) is 1. The lowest BCUT2D eigenvalue weighted by atomic mass is 9.76. The van der Waals surface area contributed by atoms with Crippen molar-refractivity contribution in [2.75, 3.05) is 6.54 Å². The summed E-state index contributed by atoms with van der Waals surface area (Å²) in [6, 6.07) is 0.553. The van der Waals surface area contributed by atoms with Crippen molar-refractivity contribution in [3.05, 3.63) is 12.3 Å². The fourth-order valence-electron chi connectivity index (χ4n) is 3.60. The standard InChI is InChI=1S/C15H26FN/c1-11-7-6-9-14(16)15(11)13(3)17-10-5-4-8-12(17)2/h11-12,14-15H,3-10H2,1-2H3/t11?,12-,14?,15?/m0/s1. The van der Waals surface area contributed by atoms with E-state index in [4.69, 9.17) is 0 Å². The average Bonchev–Trinajstić information content (AvgIpc) is 2.29. The van der Waals surface area contributed by atoms with Crippen molar-refractivity contribution in [3.8, 4) is 0 Å². The number of rotatable bonds is 2. The predicted molar refractivity (Wildman–Crippen MR) is 70.6 cm³/mol. The van der Waals surface area contributed by atoms with Crippen molar-refractivity contribution >= 4 is 0 Å². The molecule has 0 amide bonds. The minimum absolute atomic E-state index is 0.0734. The molecule has 1 nitrogen and oxygen atoms in total. The van der Waals surface area contributed by atoms with Crippen LogP contribution >= 0.6 is 0 Å². The van der Waals surface area contributed by atoms with Gasteiger partial charge in [-0.15, -0.1) is 0 Å². The van der Waals surface area contributed by atoms with Crippen LogP contribution < -0.4 is 0 Å². The van der Waals surface area contributed by atoms with E-state index < -0.39 is 6.17 Å². The van der Waals surface area contributed by atoms with Gasteiger partial charge in [0.25, 0.3) is 0 Å². The SMILES string of the molecule is C=C(C1C(C)CCCC1F)N1CCCC[C@@H]1C. The maximum Gasteiger partial charge on any atom is 0.109 e. The van der Waals surface area contributed by atoms with E-state index in [1.807, 2.05) is 0 Å². The minimum Gasteiger partial charge on any atom is -0.372 e. The normalized spacial score (nSPS) is 39.1. The first-order valence-electron chi connectivity index (χ1n) is 7.20. The van der Waals surface area contributed by atoms with Crippen LogP contribution in [0.4, 0.5) is 4.39 Å². The van der Waals surface area contributed by atoms with Gasteiger partial charge in [0.15, 0.2) is 0 Å². The molecule has 2 rings (SSSR count). The van der Waals surface area contributed by atoms with Crippen LogP contribution in [0, 0.1) is 11.8 Å². The van der Waals surface area contributed by atoms with Gasteiger partial charge >= 0.3 is 0 Å². The van der Waals surface area contributed by atoms with E-state index in [-0.39, 0.29) is 5.92 Å². The third kappa shape index (κ3) is 2.66. The number of piperidine rings is 1. The molecule has 1 saturated carbocycles. The number of alkyl halides is 1. The number of likely N-dealkylation sites (tertiary alicyclic amines) is 1. The first kappa shape index (κ1) is 12.9. The Morgan fingerprint density at radius 2 is 1.88 bits per heavy atom. The molecule has 0 bridgehead atoms. The monoisotopic (exact) mass is 239 g/mol. The molecule has 1 aliphatic carbocycles. The lowest BCUT2D eigenvalue weighted by molar-refractivity contribution is 0.0933. The zero-order chi connectivity index (χ0) is 12.4. The van der Waals surface area contributed by atoms with E-state index in [1.54, 1.807) is 0 Å². The van der Waals surface area contributed by atoms with Gasteiger partial charge in [0.2, 0.25) is 0 Å². The number of allylic oxidation sites excluding steroid dienone is 1. The first-order chi connectivity index (χ1) is 8.11. The Labute approximate surface area is 105 Å². The molecule has 0 aromatic carbocycles. The molecule has 2 heteroatoms. The quantitative estimate of drug-likeness (QED) is 0.699. The van der Waals surface area contributed by atoms with Crippen molar-refractivity contribution < 1.29 is 4.39 Å². The second kappa shape index (κ2) is 5.41. The third-order valence-corrected chi connectivity index (χ3v) is 4.70. The molecule has 0 aromatic heterocycles. The van der Waals surface area contributed by atoms with Gasteiger partial charge in [-0.3, -0.25) is 0 Å². The van der Waals surface area contributed by atoms with E-state index in [2.05, 4.69) is 25.3 Å². The Bertz CT molecular complexity index is 266. The summed E-state index contributed by atoms with van der Waals surface area (Å²) >= 11 is 0. The van der Waals surface area contributed by atoms with Gasteiger partial charge in [-0.2, -0.15) is 0 Å². The summed E-state index contributed by atoms with van der Waals surface area (Å²) in [4.78, 5) is 2.38. The molecule has 1 saturated heterocycles. The second-order valence-electron chi connectivity index (χ2n) is 5.98. The molecule has 1 heterocycles. The Kier molecular flexibility index (Phi) is 4.11. The summed E-state index contributed by atoms with van der Waals surface area (Å²) in [7, 11) is 0. The van der Waals surface area contributed by atoms with E-state index in [9.17, 15) is 4.39 Å². The second-order valence-corrected chi connectivity index (χ2v) is 5.98. The van der Waals surface area contributed by atoms with Gasteiger partial charge in [0.1, 0.15) is 6.17 Å². The molecule has 98 valence electrons. The summed E-state index contributed by atoms with van der Waals surface area (Å²) in [6.07, 6.45) is 6.05. The van der Waals surface area contributed by atoms with E-state index in [0.29, 0.717) is 12.0 Å². The first-order valence-corrected chi connectivity index (χ1v) is 7.20. The number of halogens is 1. The van der Waals surface area contributed by atoms with Gasteiger partial charge < -0.3 is 4.90 Å². The summed E-state index contributed by atoms with van der Waals surface area (Å²) in [5, 5.41) is 0. The van der Waals surface area contributed by atoms with Crippen LogP contribution in [0.25, 0.3) is 0 Å². The van der Waals surface area contributed by atoms with Crippen LogP contribution in [0.5, 0.6) is 0 Å². The van der Waals surface area contributed by atoms with Crippen molar-refractivity contribution in [1.29, 1.82) is 0 Å². The molecular formula is C15H26FN. The lowest BCUT2D eigenvalue weighted by Crippen LogP contribution is -2.43. The zero-order valence-electron chi connectivity index (χ0n) is 11.3. The zero-order valence-corrected chi connectivity index (χ0v) is 11.3. The summed E-state index contributed by atoms with van der Waals surface area (Å²) in [5.41, 5.74) is 1.08. The highest BCUT2D eigenvalue weighted by molar-refractivity contribution is 5.08. The van der Waals surface area contributed by atoms with Gasteiger partial charge in [-0.05, 0) is 44.9 Å². The van der Waals surface area contributed by atoms with Gasteiger partial charge in [-0.25, -0.2) is 4.39 Å². The molecule has 0 spiro atoms. The predicted octanol–water partition coefficient (Wildman–Crippen LogP) is 4.15. The van der Waals surface area contributed by atoms with E-state index in [1.165, 1.54) is 19.3 Å². The van der Waals surface area contributed by atoms with Gasteiger partial charge in [0.05, 0.1) is 0 Å². The number of hydrogen-bond donors (Lipinski definition) is 0. The largest absolute Gasteiger partial charge is 0.372 e. The highest BCUT2D eigenvalue weighted by Crippen LogP contribution is 2.39. The van der Waals surface area contributed by atoms with Crippen molar-refractivity contribution in [3.63, 3.8) is 0 Å². The van der Waals surface area contributed by atoms with Crippen LogP contribution in [0.3, 0.4) is 0 Å². The third-order valence-electron chi connectivity index (χ3n) is 4.70. The Hall–Kier alpha value is -0.530. The van der Waals surface area contributed by atoms with Crippen molar-refractivity contribution in [1.82, 2.24) is 4.90 Å². The Morgan fingerprint density at radius 3 is 2.53 bits per heavy atom. The van der Waals surface area contributed by atoms with Crippen LogP contribution in [-0.2, 0) is 0 Å². The van der Waals surface area contributed by atoms with Gasteiger partial charge in [0, 0.05) is 24.2 Å². The molecule has 0 N–H and O–H groups in total. The molecular weight excluding hydrogens is 213 g/mol. The molecule has 17 heavy (non-hydrogen) atoms. The molecule has 1 aliphatic heterocycles. The van der Waals surface area contributed by atoms with Crippen LogP contribution in [0.15, 0.2) is 12.3 Å². The van der Waals surface area contributed by atoms with Crippen LogP contribution in [0.1, 0.15) is 52.4 Å². The lowest BCUT2D eigenvalue weighted by Gasteiger charge is -2.43. The molecule has 2 fully saturated rings. The van der Waals surface area contributed by atoms with Crippen LogP contribution in [-0.4, -0.2) is 23.7 Å². The maximum atomic E-state index is 14.1. The van der Waals surface area contributed by atoms with Crippen molar-refractivity contribution in [2.45, 2.75) is 64.6 Å². The number of hydrogen-bond acceptors (Lipinski definition) is 1. The molecule has 4 atom stereocenters. The summed E-state index contributed by atoms with van der Waals surface area (Å²) in [5.74, 6) is 0.532. The highest BCUT2D eigenvalue weighted by Gasteiger charge is 2.36. The van der Waals surface area contributed by atoms with E-state index >= 15 is 0 Å². The fraction of sp³-hybridized carbons (Fsp3) is 0.867. The fourth-order valence-corrected chi connectivity index (χ4v) is 3.60. The average molecular weight is 239 g/mol. The molecule has 0 aromatic rings. The van der Waals surface area contributed by atoms with Crippen molar-refractivity contribution in [2.24, 2.45) is 11.8 Å². The topological polar surface area (TPSA) is 3.24 Å². The summed E-state index contributed by atoms with van der Waals surface area (Å²) < 4.78 is 14.1. The Morgan fingerprint density at radius 1 is 1.12 bits per heavy atom.